The number of rotatable bonds is 0. The lowest BCUT2D eigenvalue weighted by Crippen LogP contribution is -2.58. The van der Waals surface area contributed by atoms with E-state index in [0.717, 1.165) is 24.8 Å². The van der Waals surface area contributed by atoms with Crippen LogP contribution in [0.4, 0.5) is 4.79 Å². The Hall–Kier alpha value is -1.28. The van der Waals surface area contributed by atoms with E-state index < -0.39 is 5.60 Å². The Bertz CT molecular complexity index is 382. The summed E-state index contributed by atoms with van der Waals surface area (Å²) in [5.41, 5.74) is 0.328. The Morgan fingerprint density at radius 3 is 2.59 bits per heavy atom. The summed E-state index contributed by atoms with van der Waals surface area (Å²) in [5, 5.41) is 0. The first-order chi connectivity index (χ1) is 7.86. The Morgan fingerprint density at radius 2 is 2.06 bits per heavy atom. The van der Waals surface area contributed by atoms with Gasteiger partial charge in [0.25, 0.3) is 0 Å². The average molecular weight is 237 g/mol. The molecule has 0 aromatic carbocycles. The molecular formula is C13H19NO3. The van der Waals surface area contributed by atoms with Gasteiger partial charge in [-0.3, -0.25) is 0 Å². The van der Waals surface area contributed by atoms with E-state index in [-0.39, 0.29) is 11.5 Å². The first-order valence-electron chi connectivity index (χ1n) is 6.09. The molecule has 94 valence electrons. The van der Waals surface area contributed by atoms with Gasteiger partial charge < -0.3 is 9.64 Å². The highest BCUT2D eigenvalue weighted by Crippen LogP contribution is 2.48. The van der Waals surface area contributed by atoms with Crippen LogP contribution < -0.4 is 0 Å². The fourth-order valence-corrected chi connectivity index (χ4v) is 2.67. The van der Waals surface area contributed by atoms with Crippen LogP contribution in [0, 0.1) is 5.41 Å². The van der Waals surface area contributed by atoms with Crippen LogP contribution in [0.25, 0.3) is 0 Å². The second-order valence-corrected chi connectivity index (χ2v) is 6.05. The van der Waals surface area contributed by atoms with Gasteiger partial charge in [-0.1, -0.05) is 0 Å². The van der Waals surface area contributed by atoms with Gasteiger partial charge in [-0.2, -0.15) is 0 Å². The van der Waals surface area contributed by atoms with Crippen LogP contribution in [-0.2, 0) is 9.53 Å². The topological polar surface area (TPSA) is 46.6 Å². The number of likely N-dealkylation sites (tertiary alicyclic amines) is 1. The first-order valence-corrected chi connectivity index (χ1v) is 6.09. The van der Waals surface area contributed by atoms with Crippen molar-refractivity contribution >= 4 is 12.0 Å². The number of amides is 1. The molecule has 2 fully saturated rings. The van der Waals surface area contributed by atoms with Crippen molar-refractivity contribution in [1.29, 1.82) is 0 Å². The fraction of sp³-hybridized carbons (Fsp3) is 0.769. The Kier molecular flexibility index (Phi) is 2.78. The van der Waals surface area contributed by atoms with Crippen LogP contribution in [0.3, 0.4) is 0 Å². The predicted octanol–water partition coefficient (Wildman–Crippen LogP) is 2.17. The van der Waals surface area contributed by atoms with Crippen molar-refractivity contribution in [3.05, 3.63) is 5.57 Å². The van der Waals surface area contributed by atoms with Gasteiger partial charge in [-0.25, -0.2) is 9.59 Å². The third-order valence-corrected chi connectivity index (χ3v) is 3.48. The number of ether oxygens (including phenoxy) is 1. The van der Waals surface area contributed by atoms with Crippen molar-refractivity contribution in [3.8, 4) is 0 Å². The van der Waals surface area contributed by atoms with Crippen LogP contribution in [0.5, 0.6) is 0 Å². The smallest absolute Gasteiger partial charge is 0.410 e. The number of hydrogen-bond acceptors (Lipinski definition) is 3. The number of nitrogens with zero attached hydrogens (tertiary/aromatic N) is 1. The largest absolute Gasteiger partial charge is 0.444 e. The highest BCUT2D eigenvalue weighted by Gasteiger charge is 2.51. The minimum absolute atomic E-state index is 0.0708. The van der Waals surface area contributed by atoms with Gasteiger partial charge in [-0.05, 0) is 40.0 Å². The van der Waals surface area contributed by atoms with Gasteiger partial charge in [-0.15, -0.1) is 0 Å². The summed E-state index contributed by atoms with van der Waals surface area (Å²) in [6, 6.07) is 0. The van der Waals surface area contributed by atoms with Crippen LogP contribution in [0.2, 0.25) is 0 Å². The Balaban J connectivity index is 1.95. The summed E-state index contributed by atoms with van der Waals surface area (Å²) in [7, 11) is 0. The predicted molar refractivity (Wildman–Crippen MR) is 63.3 cm³/mol. The highest BCUT2D eigenvalue weighted by molar-refractivity contribution is 5.71. The Labute approximate surface area is 102 Å². The van der Waals surface area contributed by atoms with Crippen molar-refractivity contribution in [3.63, 3.8) is 0 Å². The maximum atomic E-state index is 11.8. The monoisotopic (exact) mass is 237 g/mol. The lowest BCUT2D eigenvalue weighted by molar-refractivity contribution is -0.0196. The summed E-state index contributed by atoms with van der Waals surface area (Å²) >= 11 is 0. The summed E-state index contributed by atoms with van der Waals surface area (Å²) in [6.07, 6.45) is 2.59. The maximum Gasteiger partial charge on any atom is 0.410 e. The molecule has 1 saturated heterocycles. The van der Waals surface area contributed by atoms with Crippen molar-refractivity contribution in [2.24, 2.45) is 5.41 Å². The number of hydrogen-bond donors (Lipinski definition) is 0. The van der Waals surface area contributed by atoms with E-state index in [2.05, 4.69) is 5.94 Å². The van der Waals surface area contributed by atoms with E-state index in [1.165, 1.54) is 0 Å². The number of carbonyl (C=O) groups excluding carboxylic acids is 2. The van der Waals surface area contributed by atoms with Gasteiger partial charge >= 0.3 is 6.09 Å². The molecule has 0 aromatic rings. The maximum absolute atomic E-state index is 11.8. The SMILES string of the molecule is CC(C)(C)OC(=O)N1CC2(CCCC2=C=O)C1. The zero-order chi connectivity index (χ0) is 12.7. The quantitative estimate of drug-likeness (QED) is 0.606. The van der Waals surface area contributed by atoms with E-state index in [4.69, 9.17) is 4.74 Å². The summed E-state index contributed by atoms with van der Waals surface area (Å²) in [5.74, 6) is 2.05. The molecule has 1 saturated carbocycles. The van der Waals surface area contributed by atoms with Gasteiger partial charge in [0.15, 0.2) is 0 Å². The second-order valence-electron chi connectivity index (χ2n) is 6.05. The average Bonchev–Trinajstić information content (AvgIpc) is 2.55. The second kappa shape index (κ2) is 3.88. The number of carbonyl (C=O) groups is 1. The van der Waals surface area contributed by atoms with Crippen molar-refractivity contribution in [2.45, 2.75) is 45.6 Å². The molecule has 0 unspecified atom stereocenters. The minimum Gasteiger partial charge on any atom is -0.444 e. The van der Waals surface area contributed by atoms with E-state index in [1.807, 2.05) is 20.8 Å². The van der Waals surface area contributed by atoms with Crippen molar-refractivity contribution in [1.82, 2.24) is 4.90 Å². The van der Waals surface area contributed by atoms with Gasteiger partial charge in [0, 0.05) is 24.1 Å². The molecule has 0 N–H and O–H groups in total. The molecule has 0 radical (unpaired) electrons. The molecule has 4 heteroatoms. The van der Waals surface area contributed by atoms with E-state index >= 15 is 0 Å². The van der Waals surface area contributed by atoms with Gasteiger partial charge in [0.2, 0.25) is 0 Å². The zero-order valence-electron chi connectivity index (χ0n) is 10.7. The third kappa shape index (κ3) is 2.22. The van der Waals surface area contributed by atoms with Crippen LogP contribution in [0.1, 0.15) is 40.0 Å². The fourth-order valence-electron chi connectivity index (χ4n) is 2.67. The molecule has 2 aliphatic rings. The van der Waals surface area contributed by atoms with Crippen molar-refractivity contribution < 1.29 is 14.3 Å². The van der Waals surface area contributed by atoms with E-state index in [9.17, 15) is 9.59 Å². The molecular weight excluding hydrogens is 218 g/mol. The summed E-state index contributed by atoms with van der Waals surface area (Å²) in [6.45, 7) is 6.80. The molecule has 17 heavy (non-hydrogen) atoms. The van der Waals surface area contributed by atoms with Crippen LogP contribution >= 0.6 is 0 Å². The third-order valence-electron chi connectivity index (χ3n) is 3.48. The molecule has 0 aromatic heterocycles. The van der Waals surface area contributed by atoms with E-state index in [0.29, 0.717) is 13.1 Å². The molecule has 2 rings (SSSR count). The zero-order valence-corrected chi connectivity index (χ0v) is 10.7. The van der Waals surface area contributed by atoms with E-state index in [1.54, 1.807) is 4.90 Å². The summed E-state index contributed by atoms with van der Waals surface area (Å²) in [4.78, 5) is 24.3. The molecule has 1 amide bonds. The molecule has 0 bridgehead atoms. The normalized spacial score (nSPS) is 22.3. The lowest BCUT2D eigenvalue weighted by Gasteiger charge is -2.47. The van der Waals surface area contributed by atoms with Gasteiger partial charge in [0.1, 0.15) is 11.5 Å². The highest BCUT2D eigenvalue weighted by atomic mass is 16.6. The molecule has 1 aliphatic heterocycles. The molecule has 1 heterocycles. The van der Waals surface area contributed by atoms with Crippen LogP contribution in [-0.4, -0.2) is 35.6 Å². The lowest BCUT2D eigenvalue weighted by atomic mass is 9.76. The first kappa shape index (κ1) is 12.2. The summed E-state index contributed by atoms with van der Waals surface area (Å²) < 4.78 is 5.29. The molecule has 1 aliphatic carbocycles. The van der Waals surface area contributed by atoms with Crippen LogP contribution in [0.15, 0.2) is 5.57 Å². The minimum atomic E-state index is -0.459. The molecule has 0 atom stereocenters. The molecule has 4 nitrogen and oxygen atoms in total. The van der Waals surface area contributed by atoms with Crippen molar-refractivity contribution in [2.75, 3.05) is 13.1 Å². The van der Waals surface area contributed by atoms with Gasteiger partial charge in [0.05, 0.1) is 0 Å². The molecule has 1 spiro atoms. The standard InChI is InChI=1S/C13H19NO3/c1-12(2,3)17-11(16)14-8-13(9-14)6-4-5-10(13)7-15/h4-6,8-9H2,1-3H3. The Morgan fingerprint density at radius 1 is 1.41 bits per heavy atom.